The molecular formula is C20H27N5O3S. The molecule has 29 heavy (non-hydrogen) atoms. The maximum atomic E-state index is 12.6. The first-order chi connectivity index (χ1) is 13.9. The van der Waals surface area contributed by atoms with Crippen molar-refractivity contribution in [1.29, 1.82) is 0 Å². The van der Waals surface area contributed by atoms with Crippen molar-refractivity contribution in [2.75, 3.05) is 49.5 Å². The lowest BCUT2D eigenvalue weighted by Crippen LogP contribution is -2.52. The zero-order chi connectivity index (χ0) is 20.4. The van der Waals surface area contributed by atoms with Crippen LogP contribution in [0.4, 0.5) is 5.82 Å². The van der Waals surface area contributed by atoms with Crippen LogP contribution in [0, 0.1) is 6.92 Å². The molecule has 2 aliphatic rings. The Morgan fingerprint density at radius 2 is 1.90 bits per heavy atom. The van der Waals surface area contributed by atoms with Gasteiger partial charge in [0.25, 0.3) is 0 Å². The third-order valence-corrected chi connectivity index (χ3v) is 7.35. The Morgan fingerprint density at radius 1 is 1.17 bits per heavy atom. The summed E-state index contributed by atoms with van der Waals surface area (Å²) < 4.78 is 25.1. The first kappa shape index (κ1) is 20.1. The molecule has 2 aliphatic heterocycles. The van der Waals surface area contributed by atoms with Gasteiger partial charge in [-0.2, -0.15) is 5.10 Å². The molecule has 1 N–H and O–H groups in total. The minimum absolute atomic E-state index is 0.0704. The van der Waals surface area contributed by atoms with Gasteiger partial charge in [0.1, 0.15) is 5.82 Å². The van der Waals surface area contributed by atoms with Crippen LogP contribution in [0.2, 0.25) is 0 Å². The Balaban J connectivity index is 1.31. The number of rotatable bonds is 5. The summed E-state index contributed by atoms with van der Waals surface area (Å²) in [6.45, 7) is 5.35. The van der Waals surface area contributed by atoms with E-state index in [1.165, 1.54) is 0 Å². The summed E-state index contributed by atoms with van der Waals surface area (Å²) in [4.78, 5) is 17.0. The van der Waals surface area contributed by atoms with Crippen LogP contribution in [0.5, 0.6) is 0 Å². The molecule has 0 unspecified atom stereocenters. The van der Waals surface area contributed by atoms with Gasteiger partial charge < -0.3 is 5.32 Å². The molecule has 4 rings (SSSR count). The van der Waals surface area contributed by atoms with E-state index in [4.69, 9.17) is 0 Å². The molecule has 1 aromatic carbocycles. The molecule has 0 aliphatic carbocycles. The van der Waals surface area contributed by atoms with Gasteiger partial charge in [0.05, 0.1) is 29.4 Å². The van der Waals surface area contributed by atoms with Gasteiger partial charge >= 0.3 is 0 Å². The lowest BCUT2D eigenvalue weighted by atomic mass is 10.2. The number of piperazine rings is 1. The fourth-order valence-corrected chi connectivity index (χ4v) is 5.85. The van der Waals surface area contributed by atoms with Gasteiger partial charge in [-0.1, -0.05) is 18.2 Å². The molecule has 0 spiro atoms. The van der Waals surface area contributed by atoms with E-state index < -0.39 is 9.84 Å². The number of aromatic nitrogens is 2. The summed E-state index contributed by atoms with van der Waals surface area (Å²) >= 11 is 0. The summed E-state index contributed by atoms with van der Waals surface area (Å²) in [5, 5.41) is 7.46. The molecular weight excluding hydrogens is 390 g/mol. The van der Waals surface area contributed by atoms with Crippen LogP contribution in [-0.2, 0) is 14.6 Å². The van der Waals surface area contributed by atoms with Crippen LogP contribution in [0.1, 0.15) is 12.1 Å². The van der Waals surface area contributed by atoms with Crippen molar-refractivity contribution in [2.24, 2.45) is 0 Å². The van der Waals surface area contributed by atoms with Gasteiger partial charge in [0, 0.05) is 38.3 Å². The molecule has 1 atom stereocenters. The zero-order valence-electron chi connectivity index (χ0n) is 16.6. The lowest BCUT2D eigenvalue weighted by Gasteiger charge is -2.37. The Kier molecular flexibility index (Phi) is 5.71. The number of carbonyl (C=O) groups is 1. The average molecular weight is 418 g/mol. The predicted molar refractivity (Wildman–Crippen MR) is 112 cm³/mol. The first-order valence-corrected chi connectivity index (χ1v) is 11.8. The highest BCUT2D eigenvalue weighted by Gasteiger charge is 2.33. The molecule has 2 saturated heterocycles. The second-order valence-corrected chi connectivity index (χ2v) is 10.1. The number of nitrogens with one attached hydrogen (secondary N) is 1. The zero-order valence-corrected chi connectivity index (χ0v) is 17.4. The van der Waals surface area contributed by atoms with Gasteiger partial charge in [0.15, 0.2) is 9.84 Å². The van der Waals surface area contributed by atoms with Crippen molar-refractivity contribution in [1.82, 2.24) is 19.6 Å². The Morgan fingerprint density at radius 3 is 2.55 bits per heavy atom. The molecule has 156 valence electrons. The number of para-hydroxylation sites is 1. The molecule has 3 heterocycles. The highest BCUT2D eigenvalue weighted by atomic mass is 32.2. The number of anilines is 1. The highest BCUT2D eigenvalue weighted by Crippen LogP contribution is 2.20. The van der Waals surface area contributed by atoms with E-state index in [9.17, 15) is 13.2 Å². The van der Waals surface area contributed by atoms with Crippen LogP contribution < -0.4 is 5.32 Å². The van der Waals surface area contributed by atoms with Crippen molar-refractivity contribution in [3.05, 3.63) is 42.1 Å². The van der Waals surface area contributed by atoms with Gasteiger partial charge in [0.2, 0.25) is 5.91 Å². The molecule has 2 aromatic rings. The molecule has 8 nitrogen and oxygen atoms in total. The summed E-state index contributed by atoms with van der Waals surface area (Å²) in [6.07, 6.45) is 0.728. The number of nitrogens with zero attached hydrogens (tertiary/aromatic N) is 4. The fourth-order valence-electron chi connectivity index (χ4n) is 4.09. The number of hydrogen-bond donors (Lipinski definition) is 1. The number of amides is 1. The summed E-state index contributed by atoms with van der Waals surface area (Å²) in [6, 6.07) is 11.7. The largest absolute Gasteiger partial charge is 0.309 e. The van der Waals surface area contributed by atoms with E-state index in [1.54, 1.807) is 4.68 Å². The SMILES string of the molecule is Cc1cc(NC(=O)CN2CCN([C@@H]3CCS(=O)(=O)C3)CC2)n(-c2ccccc2)n1. The van der Waals surface area contributed by atoms with Crippen LogP contribution in [0.25, 0.3) is 5.69 Å². The summed E-state index contributed by atoms with van der Waals surface area (Å²) in [5.41, 5.74) is 1.74. The maximum absolute atomic E-state index is 12.6. The Bertz CT molecular complexity index is 965. The van der Waals surface area contributed by atoms with Gasteiger partial charge in [-0.15, -0.1) is 0 Å². The van der Waals surface area contributed by atoms with Crippen molar-refractivity contribution in [2.45, 2.75) is 19.4 Å². The van der Waals surface area contributed by atoms with E-state index in [2.05, 4.69) is 20.2 Å². The normalized spacial score (nSPS) is 22.6. The molecule has 2 fully saturated rings. The van der Waals surface area contributed by atoms with Gasteiger partial charge in [-0.05, 0) is 25.5 Å². The highest BCUT2D eigenvalue weighted by molar-refractivity contribution is 7.91. The van der Waals surface area contributed by atoms with E-state index >= 15 is 0 Å². The van der Waals surface area contributed by atoms with Crippen molar-refractivity contribution in [3.63, 3.8) is 0 Å². The van der Waals surface area contributed by atoms with Gasteiger partial charge in [-0.25, -0.2) is 13.1 Å². The van der Waals surface area contributed by atoms with Crippen LogP contribution >= 0.6 is 0 Å². The molecule has 0 saturated carbocycles. The minimum atomic E-state index is -2.86. The van der Waals surface area contributed by atoms with E-state index in [0.717, 1.165) is 44.0 Å². The van der Waals surface area contributed by atoms with Crippen molar-refractivity contribution < 1.29 is 13.2 Å². The molecule has 1 amide bonds. The predicted octanol–water partition coefficient (Wildman–Crippen LogP) is 0.924. The van der Waals surface area contributed by atoms with Crippen molar-refractivity contribution in [3.8, 4) is 5.69 Å². The smallest absolute Gasteiger partial charge is 0.239 e. The quantitative estimate of drug-likeness (QED) is 0.779. The average Bonchev–Trinajstić information content (AvgIpc) is 3.24. The van der Waals surface area contributed by atoms with Crippen LogP contribution in [-0.4, -0.2) is 84.2 Å². The number of aryl methyl sites for hydroxylation is 1. The summed E-state index contributed by atoms with van der Waals surface area (Å²) in [5.74, 6) is 1.16. The lowest BCUT2D eigenvalue weighted by molar-refractivity contribution is -0.117. The van der Waals surface area contributed by atoms with Crippen LogP contribution in [0.15, 0.2) is 36.4 Å². The second-order valence-electron chi connectivity index (χ2n) is 7.84. The van der Waals surface area contributed by atoms with E-state index in [-0.39, 0.29) is 17.7 Å². The molecule has 1 aromatic heterocycles. The third kappa shape index (κ3) is 4.85. The first-order valence-electron chi connectivity index (χ1n) is 9.98. The van der Waals surface area contributed by atoms with Gasteiger partial charge in [-0.3, -0.25) is 14.6 Å². The standard InChI is InChI=1S/C20H27N5O3S/c1-16-13-19(25(22-16)17-5-3-2-4-6-17)21-20(26)14-23-8-10-24(11-9-23)18-7-12-29(27,28)15-18/h2-6,13,18H,7-12,14-15H2,1H3,(H,21,26)/t18-/m1/s1. The Labute approximate surface area is 171 Å². The van der Waals surface area contributed by atoms with E-state index in [0.29, 0.717) is 18.1 Å². The van der Waals surface area contributed by atoms with E-state index in [1.807, 2.05) is 43.3 Å². The molecule has 9 heteroatoms. The fraction of sp³-hybridized carbons (Fsp3) is 0.500. The maximum Gasteiger partial charge on any atom is 0.239 e. The number of carbonyl (C=O) groups excluding carboxylic acids is 1. The topological polar surface area (TPSA) is 87.5 Å². The second kappa shape index (κ2) is 8.25. The third-order valence-electron chi connectivity index (χ3n) is 5.60. The number of sulfone groups is 1. The number of benzene rings is 1. The van der Waals surface area contributed by atoms with Crippen molar-refractivity contribution >= 4 is 21.6 Å². The monoisotopic (exact) mass is 417 g/mol. The van der Waals surface area contributed by atoms with Crippen LogP contribution in [0.3, 0.4) is 0 Å². The minimum Gasteiger partial charge on any atom is -0.309 e. The molecule has 0 bridgehead atoms. The number of hydrogen-bond acceptors (Lipinski definition) is 6. The Hall–Kier alpha value is -2.23. The summed E-state index contributed by atoms with van der Waals surface area (Å²) in [7, 11) is -2.86. The molecule has 0 radical (unpaired) electrons.